The number of carbonyl (C=O) groups excluding carboxylic acids is 1. The fraction of sp³-hybridized carbons (Fsp3) is 0.417. The third kappa shape index (κ3) is 4.52. The molecular weight excluding hydrogens is 408 g/mol. The molecule has 0 radical (unpaired) electrons. The van der Waals surface area contributed by atoms with Crippen LogP contribution in [0.4, 0.5) is 10.8 Å². The highest BCUT2D eigenvalue weighted by Crippen LogP contribution is 2.37. The van der Waals surface area contributed by atoms with Gasteiger partial charge in [0.2, 0.25) is 0 Å². The number of rotatable bonds is 8. The molecule has 2 aromatic heterocycles. The molecule has 1 amide bonds. The van der Waals surface area contributed by atoms with Gasteiger partial charge in [-0.1, -0.05) is 18.2 Å². The highest BCUT2D eigenvalue weighted by Gasteiger charge is 2.28. The zero-order chi connectivity index (χ0) is 21.0. The smallest absolute Gasteiger partial charge is 0.274 e. The number of aromatic nitrogens is 2. The van der Waals surface area contributed by atoms with Crippen molar-refractivity contribution in [2.24, 2.45) is 5.92 Å². The molecule has 2 aliphatic heterocycles. The lowest BCUT2D eigenvalue weighted by atomic mass is 10.0. The van der Waals surface area contributed by atoms with Crippen molar-refractivity contribution in [3.63, 3.8) is 0 Å². The Bertz CT molecular complexity index is 1010. The zero-order valence-electron chi connectivity index (χ0n) is 17.6. The van der Waals surface area contributed by atoms with E-state index in [0.717, 1.165) is 57.7 Å². The number of amides is 1. The molecule has 2 aliphatic rings. The van der Waals surface area contributed by atoms with Crippen LogP contribution in [0.2, 0.25) is 0 Å². The van der Waals surface area contributed by atoms with Gasteiger partial charge < -0.3 is 14.2 Å². The third-order valence-corrected chi connectivity index (χ3v) is 6.98. The van der Waals surface area contributed by atoms with E-state index >= 15 is 0 Å². The van der Waals surface area contributed by atoms with Crippen LogP contribution in [0.1, 0.15) is 47.9 Å². The first-order chi connectivity index (χ1) is 15.3. The molecule has 7 heteroatoms. The Morgan fingerprint density at radius 1 is 1.19 bits per heavy atom. The Balaban J connectivity index is 1.22. The minimum absolute atomic E-state index is 0.0933. The first kappa shape index (κ1) is 20.3. The molecular formula is C24H28N4O2S. The fourth-order valence-electron chi connectivity index (χ4n) is 4.48. The van der Waals surface area contributed by atoms with E-state index in [4.69, 9.17) is 9.72 Å². The predicted molar refractivity (Wildman–Crippen MR) is 124 cm³/mol. The maximum atomic E-state index is 12.9. The Morgan fingerprint density at radius 2 is 2.06 bits per heavy atom. The van der Waals surface area contributed by atoms with Crippen LogP contribution in [0.25, 0.3) is 0 Å². The number of nitrogens with one attached hydrogen (secondary N) is 1. The summed E-state index contributed by atoms with van der Waals surface area (Å²) in [5.74, 6) is 0.594. The van der Waals surface area contributed by atoms with Crippen LogP contribution in [0.3, 0.4) is 0 Å². The number of thiazole rings is 1. The molecule has 162 valence electrons. The molecule has 0 bridgehead atoms. The van der Waals surface area contributed by atoms with Crippen molar-refractivity contribution in [3.8, 4) is 0 Å². The molecule has 1 aromatic carbocycles. The summed E-state index contributed by atoms with van der Waals surface area (Å²) in [5.41, 5.74) is 2.96. The summed E-state index contributed by atoms with van der Waals surface area (Å²) in [7, 11) is 0. The van der Waals surface area contributed by atoms with Gasteiger partial charge in [0.15, 0.2) is 5.13 Å². The molecule has 4 heterocycles. The highest BCUT2D eigenvalue weighted by molar-refractivity contribution is 7.14. The number of aryl methyl sites for hydroxylation is 1. The van der Waals surface area contributed by atoms with Crippen LogP contribution in [0.15, 0.2) is 54.0 Å². The lowest BCUT2D eigenvalue weighted by Gasteiger charge is -2.25. The third-order valence-electron chi connectivity index (χ3n) is 6.21. The largest absolute Gasteiger partial charge is 0.381 e. The van der Waals surface area contributed by atoms with E-state index in [0.29, 0.717) is 16.7 Å². The van der Waals surface area contributed by atoms with Crippen molar-refractivity contribution < 1.29 is 9.53 Å². The molecule has 2 saturated heterocycles. The van der Waals surface area contributed by atoms with Gasteiger partial charge >= 0.3 is 0 Å². The molecule has 6 nitrogen and oxygen atoms in total. The van der Waals surface area contributed by atoms with Crippen molar-refractivity contribution in [2.45, 2.75) is 38.3 Å². The Labute approximate surface area is 186 Å². The Morgan fingerprint density at radius 3 is 2.87 bits per heavy atom. The van der Waals surface area contributed by atoms with E-state index in [1.807, 2.05) is 29.0 Å². The Kier molecular flexibility index (Phi) is 6.04. The van der Waals surface area contributed by atoms with Crippen molar-refractivity contribution in [1.29, 1.82) is 0 Å². The van der Waals surface area contributed by atoms with Gasteiger partial charge in [-0.2, -0.15) is 0 Å². The molecule has 3 aromatic rings. The molecule has 5 rings (SSSR count). The van der Waals surface area contributed by atoms with Gasteiger partial charge in [-0.3, -0.25) is 10.1 Å². The maximum Gasteiger partial charge on any atom is 0.274 e. The van der Waals surface area contributed by atoms with Gasteiger partial charge in [-0.25, -0.2) is 4.98 Å². The Hall–Kier alpha value is -2.64. The van der Waals surface area contributed by atoms with Crippen LogP contribution < -0.4 is 10.2 Å². The van der Waals surface area contributed by atoms with Crippen LogP contribution in [-0.4, -0.2) is 35.2 Å². The number of benzene rings is 1. The molecule has 31 heavy (non-hydrogen) atoms. The van der Waals surface area contributed by atoms with Gasteiger partial charge in [0.25, 0.3) is 5.91 Å². The molecule has 0 spiro atoms. The number of hydrogen-bond donors (Lipinski definition) is 1. The molecule has 0 unspecified atom stereocenters. The van der Waals surface area contributed by atoms with Crippen LogP contribution in [0, 0.1) is 5.92 Å². The van der Waals surface area contributed by atoms with Gasteiger partial charge in [0.05, 0.1) is 24.9 Å². The first-order valence-corrected chi connectivity index (χ1v) is 12.0. The van der Waals surface area contributed by atoms with Gasteiger partial charge in [0, 0.05) is 36.3 Å². The van der Waals surface area contributed by atoms with Crippen LogP contribution in [-0.2, 0) is 11.3 Å². The van der Waals surface area contributed by atoms with Gasteiger partial charge in [-0.05, 0) is 49.9 Å². The summed E-state index contributed by atoms with van der Waals surface area (Å²) in [6.07, 6.45) is 6.42. The van der Waals surface area contributed by atoms with Gasteiger partial charge in [-0.15, -0.1) is 11.3 Å². The quantitative estimate of drug-likeness (QED) is 0.542. The highest BCUT2D eigenvalue weighted by atomic mass is 32.1. The van der Waals surface area contributed by atoms with E-state index in [2.05, 4.69) is 39.9 Å². The normalized spacial score (nSPS) is 18.8. The van der Waals surface area contributed by atoms with Crippen molar-refractivity contribution in [2.75, 3.05) is 30.0 Å². The summed E-state index contributed by atoms with van der Waals surface area (Å²) >= 11 is 1.50. The van der Waals surface area contributed by atoms with Crippen molar-refractivity contribution >= 4 is 28.1 Å². The summed E-state index contributed by atoms with van der Waals surface area (Å²) in [4.78, 5) is 20.1. The number of nitrogens with zero attached hydrogens (tertiary/aromatic N) is 3. The number of para-hydroxylation sites is 1. The molecule has 2 fully saturated rings. The van der Waals surface area contributed by atoms with Crippen LogP contribution >= 0.6 is 11.3 Å². The molecule has 1 atom stereocenters. The predicted octanol–water partition coefficient (Wildman–Crippen LogP) is 4.97. The molecule has 1 N–H and O–H groups in total. The second-order valence-corrected chi connectivity index (χ2v) is 9.21. The molecule has 0 saturated carbocycles. The summed E-state index contributed by atoms with van der Waals surface area (Å²) in [6, 6.07) is 14.6. The lowest BCUT2D eigenvalue weighted by Crippen LogP contribution is -2.27. The summed E-state index contributed by atoms with van der Waals surface area (Å²) in [6.45, 7) is 3.65. The van der Waals surface area contributed by atoms with E-state index in [1.165, 1.54) is 17.0 Å². The average Bonchev–Trinajstić information content (AvgIpc) is 3.50. The summed E-state index contributed by atoms with van der Waals surface area (Å²) < 4.78 is 7.28. The van der Waals surface area contributed by atoms with Crippen molar-refractivity contribution in [3.05, 3.63) is 65.4 Å². The minimum Gasteiger partial charge on any atom is -0.381 e. The average molecular weight is 437 g/mol. The maximum absolute atomic E-state index is 12.9. The SMILES string of the molecule is O=C(Nc1nc([C@H]2CCCN2c2ccccc2)cs1)c1cccn1CCCC1COC1. The second-order valence-electron chi connectivity index (χ2n) is 8.35. The topological polar surface area (TPSA) is 59.4 Å². The van der Waals surface area contributed by atoms with Crippen molar-refractivity contribution in [1.82, 2.24) is 9.55 Å². The van der Waals surface area contributed by atoms with E-state index in [9.17, 15) is 4.79 Å². The standard InChI is InChI=1S/C24H28N4O2S/c29-23(22-11-5-13-27(22)12-4-7-18-15-30-16-18)26-24-25-20(17-31-24)21-10-6-14-28(21)19-8-2-1-3-9-19/h1-3,5,8-9,11,13,17-18,21H,4,6-7,10,12,14-16H2,(H,25,26,29)/t21-/m1/s1. The monoisotopic (exact) mass is 436 g/mol. The minimum atomic E-state index is -0.0933. The zero-order valence-corrected chi connectivity index (χ0v) is 18.4. The first-order valence-electron chi connectivity index (χ1n) is 11.1. The number of anilines is 2. The number of ether oxygens (including phenoxy) is 1. The number of hydrogen-bond acceptors (Lipinski definition) is 5. The number of carbonyl (C=O) groups is 1. The van der Waals surface area contributed by atoms with Crippen LogP contribution in [0.5, 0.6) is 0 Å². The lowest BCUT2D eigenvalue weighted by molar-refractivity contribution is -0.0366. The van der Waals surface area contributed by atoms with E-state index in [1.54, 1.807) is 0 Å². The fourth-order valence-corrected chi connectivity index (χ4v) is 5.23. The van der Waals surface area contributed by atoms with Gasteiger partial charge in [0.1, 0.15) is 5.69 Å². The van der Waals surface area contributed by atoms with E-state index in [-0.39, 0.29) is 11.9 Å². The van der Waals surface area contributed by atoms with E-state index < -0.39 is 0 Å². The summed E-state index contributed by atoms with van der Waals surface area (Å²) in [5, 5.41) is 5.76. The molecule has 0 aliphatic carbocycles. The second kappa shape index (κ2) is 9.24.